The maximum atomic E-state index is 9.69. The summed E-state index contributed by atoms with van der Waals surface area (Å²) in [5, 5.41) is 22.2. The highest BCUT2D eigenvalue weighted by Gasteiger charge is 2.19. The van der Waals surface area contributed by atoms with Gasteiger partial charge in [0.2, 0.25) is 0 Å². The highest BCUT2D eigenvalue weighted by atomic mass is 16.3. The molecule has 0 bridgehead atoms. The number of aliphatic hydroxyl groups excluding tert-OH is 1. The van der Waals surface area contributed by atoms with Crippen molar-refractivity contribution in [1.29, 1.82) is 0 Å². The standard InChI is InChI=1S/C21H22N6O/c28-18-8-4-16(5-9-18)24-20-10-11-21-22-14-19(27(21)25-20)15-2-6-17(7-3-15)26-13-1-12-23-26/h1-3,6-7,10-14,16,18,28H,4-5,8-9H2,(H,24,25). The number of imidazole rings is 1. The number of aromatic nitrogens is 5. The zero-order valence-corrected chi connectivity index (χ0v) is 15.4. The van der Waals surface area contributed by atoms with Crippen molar-refractivity contribution in [3.8, 4) is 16.9 Å². The molecule has 1 aromatic carbocycles. The number of nitrogens with one attached hydrogen (secondary N) is 1. The lowest BCUT2D eigenvalue weighted by Crippen LogP contribution is -2.28. The normalized spacial score (nSPS) is 19.8. The van der Waals surface area contributed by atoms with Gasteiger partial charge in [-0.15, -0.1) is 5.10 Å². The largest absolute Gasteiger partial charge is 0.393 e. The van der Waals surface area contributed by atoms with E-state index in [1.165, 1.54) is 0 Å². The molecule has 7 heteroatoms. The van der Waals surface area contributed by atoms with E-state index in [0.29, 0.717) is 6.04 Å². The molecule has 0 saturated heterocycles. The monoisotopic (exact) mass is 374 g/mol. The number of fused-ring (bicyclic) bond motifs is 1. The van der Waals surface area contributed by atoms with Crippen molar-refractivity contribution in [3.05, 3.63) is 61.1 Å². The summed E-state index contributed by atoms with van der Waals surface area (Å²) in [4.78, 5) is 4.49. The summed E-state index contributed by atoms with van der Waals surface area (Å²) in [6.45, 7) is 0. The zero-order chi connectivity index (χ0) is 18.9. The van der Waals surface area contributed by atoms with Crippen LogP contribution in [0.3, 0.4) is 0 Å². The van der Waals surface area contributed by atoms with E-state index in [9.17, 15) is 5.11 Å². The Morgan fingerprint density at radius 2 is 1.82 bits per heavy atom. The summed E-state index contributed by atoms with van der Waals surface area (Å²) in [6, 6.07) is 14.4. The minimum absolute atomic E-state index is 0.154. The first-order chi connectivity index (χ1) is 13.8. The van der Waals surface area contributed by atoms with Crippen molar-refractivity contribution < 1.29 is 5.11 Å². The second-order valence-electron chi connectivity index (χ2n) is 7.28. The van der Waals surface area contributed by atoms with Crippen molar-refractivity contribution in [3.63, 3.8) is 0 Å². The minimum Gasteiger partial charge on any atom is -0.393 e. The average Bonchev–Trinajstić information content (AvgIpc) is 3.40. The summed E-state index contributed by atoms with van der Waals surface area (Å²) in [5.41, 5.74) is 3.83. The van der Waals surface area contributed by atoms with E-state index < -0.39 is 0 Å². The first kappa shape index (κ1) is 16.9. The van der Waals surface area contributed by atoms with Gasteiger partial charge >= 0.3 is 0 Å². The Morgan fingerprint density at radius 3 is 2.57 bits per heavy atom. The SMILES string of the molecule is OC1CCC(Nc2ccc3ncc(-c4ccc(-n5cccn5)cc4)n3n2)CC1. The van der Waals surface area contributed by atoms with Crippen molar-refractivity contribution in [2.75, 3.05) is 5.32 Å². The molecule has 0 atom stereocenters. The van der Waals surface area contributed by atoms with Gasteiger partial charge in [-0.3, -0.25) is 0 Å². The van der Waals surface area contributed by atoms with Gasteiger partial charge < -0.3 is 10.4 Å². The van der Waals surface area contributed by atoms with Gasteiger partial charge in [0.1, 0.15) is 5.82 Å². The molecule has 3 aromatic heterocycles. The molecule has 1 saturated carbocycles. The van der Waals surface area contributed by atoms with Crippen LogP contribution in [0.5, 0.6) is 0 Å². The molecule has 0 aliphatic heterocycles. The summed E-state index contributed by atoms with van der Waals surface area (Å²) >= 11 is 0. The predicted octanol–water partition coefficient (Wildman–Crippen LogP) is 3.30. The molecule has 7 nitrogen and oxygen atoms in total. The van der Waals surface area contributed by atoms with Gasteiger partial charge in [-0.1, -0.05) is 12.1 Å². The highest BCUT2D eigenvalue weighted by Crippen LogP contribution is 2.24. The van der Waals surface area contributed by atoms with Crippen LogP contribution in [0, 0.1) is 0 Å². The number of aliphatic hydroxyl groups is 1. The lowest BCUT2D eigenvalue weighted by atomic mass is 9.93. The van der Waals surface area contributed by atoms with Crippen molar-refractivity contribution in [2.45, 2.75) is 37.8 Å². The molecule has 2 N–H and O–H groups in total. The molecule has 0 amide bonds. The van der Waals surface area contributed by atoms with Gasteiger partial charge in [0, 0.05) is 24.0 Å². The fourth-order valence-corrected chi connectivity index (χ4v) is 3.78. The van der Waals surface area contributed by atoms with E-state index >= 15 is 0 Å². The van der Waals surface area contributed by atoms with Crippen LogP contribution in [0.4, 0.5) is 5.82 Å². The third-order valence-electron chi connectivity index (χ3n) is 5.34. The summed E-state index contributed by atoms with van der Waals surface area (Å²) in [7, 11) is 0. The second kappa shape index (κ2) is 7.09. The molecule has 1 fully saturated rings. The van der Waals surface area contributed by atoms with Crippen LogP contribution in [0.2, 0.25) is 0 Å². The van der Waals surface area contributed by atoms with Gasteiger partial charge in [-0.2, -0.15) is 5.10 Å². The Kier molecular flexibility index (Phi) is 4.29. The first-order valence-corrected chi connectivity index (χ1v) is 9.66. The van der Waals surface area contributed by atoms with Gasteiger partial charge in [0.05, 0.1) is 23.7 Å². The molecular weight excluding hydrogens is 352 g/mol. The minimum atomic E-state index is -0.154. The van der Waals surface area contributed by atoms with Gasteiger partial charge in [0.15, 0.2) is 5.65 Å². The number of rotatable bonds is 4. The number of nitrogens with zero attached hydrogens (tertiary/aromatic N) is 5. The van der Waals surface area contributed by atoms with E-state index in [0.717, 1.165) is 54.1 Å². The highest BCUT2D eigenvalue weighted by molar-refractivity contribution is 5.64. The Labute approximate surface area is 162 Å². The van der Waals surface area contributed by atoms with Crippen LogP contribution in [0.15, 0.2) is 61.1 Å². The Hall–Kier alpha value is -3.19. The molecular formula is C21H22N6O. The van der Waals surface area contributed by atoms with E-state index in [4.69, 9.17) is 5.10 Å². The summed E-state index contributed by atoms with van der Waals surface area (Å²) in [5.74, 6) is 0.835. The number of anilines is 1. The molecule has 1 aliphatic carbocycles. The van der Waals surface area contributed by atoms with Crippen LogP contribution >= 0.6 is 0 Å². The number of hydrogen-bond acceptors (Lipinski definition) is 5. The molecule has 28 heavy (non-hydrogen) atoms. The fourth-order valence-electron chi connectivity index (χ4n) is 3.78. The van der Waals surface area contributed by atoms with Gasteiger partial charge in [-0.25, -0.2) is 14.2 Å². The molecule has 3 heterocycles. The molecule has 142 valence electrons. The van der Waals surface area contributed by atoms with Crippen LogP contribution in [-0.4, -0.2) is 41.6 Å². The fraction of sp³-hybridized carbons (Fsp3) is 0.286. The Morgan fingerprint density at radius 1 is 1.00 bits per heavy atom. The molecule has 0 radical (unpaired) electrons. The Bertz CT molecular complexity index is 1060. The van der Waals surface area contributed by atoms with E-state index in [1.807, 2.05) is 51.9 Å². The van der Waals surface area contributed by atoms with Gasteiger partial charge in [0.25, 0.3) is 0 Å². The second-order valence-corrected chi connectivity index (χ2v) is 7.28. The lowest BCUT2D eigenvalue weighted by molar-refractivity contribution is 0.126. The molecule has 4 aromatic rings. The van der Waals surface area contributed by atoms with Crippen LogP contribution in [-0.2, 0) is 0 Å². The molecule has 0 spiro atoms. The first-order valence-electron chi connectivity index (χ1n) is 9.66. The summed E-state index contributed by atoms with van der Waals surface area (Å²) in [6.07, 6.45) is 9.01. The summed E-state index contributed by atoms with van der Waals surface area (Å²) < 4.78 is 3.71. The average molecular weight is 374 g/mol. The third-order valence-corrected chi connectivity index (χ3v) is 5.34. The van der Waals surface area contributed by atoms with E-state index in [-0.39, 0.29) is 6.10 Å². The van der Waals surface area contributed by atoms with Crippen molar-refractivity contribution >= 4 is 11.5 Å². The van der Waals surface area contributed by atoms with Crippen LogP contribution < -0.4 is 5.32 Å². The van der Waals surface area contributed by atoms with Crippen LogP contribution in [0.1, 0.15) is 25.7 Å². The number of hydrogen-bond donors (Lipinski definition) is 2. The van der Waals surface area contributed by atoms with Crippen molar-refractivity contribution in [2.24, 2.45) is 0 Å². The molecule has 0 unspecified atom stereocenters. The predicted molar refractivity (Wildman–Crippen MR) is 107 cm³/mol. The Balaban J connectivity index is 1.42. The quantitative estimate of drug-likeness (QED) is 0.573. The number of benzene rings is 1. The zero-order valence-electron chi connectivity index (χ0n) is 15.4. The molecule has 1 aliphatic rings. The van der Waals surface area contributed by atoms with E-state index in [2.05, 4.69) is 27.5 Å². The third kappa shape index (κ3) is 3.25. The topological polar surface area (TPSA) is 80.3 Å². The van der Waals surface area contributed by atoms with E-state index in [1.54, 1.807) is 6.20 Å². The molecule has 5 rings (SSSR count). The maximum Gasteiger partial charge on any atom is 0.154 e. The maximum absolute atomic E-state index is 9.69. The lowest BCUT2D eigenvalue weighted by Gasteiger charge is -2.26. The van der Waals surface area contributed by atoms with Crippen molar-refractivity contribution in [1.82, 2.24) is 24.4 Å². The van der Waals surface area contributed by atoms with Crippen LogP contribution in [0.25, 0.3) is 22.6 Å². The smallest absolute Gasteiger partial charge is 0.154 e. The van der Waals surface area contributed by atoms with Gasteiger partial charge in [-0.05, 0) is 56.0 Å².